The average molecular weight is 378 g/mol. The summed E-state index contributed by atoms with van der Waals surface area (Å²) in [5.74, 6) is -0.283. The molecule has 1 saturated heterocycles. The molecule has 1 fully saturated rings. The summed E-state index contributed by atoms with van der Waals surface area (Å²) in [6.45, 7) is 1.33. The highest BCUT2D eigenvalue weighted by atomic mass is 16.5. The number of carbonyl (C=O) groups excluding carboxylic acids is 2. The topological polar surface area (TPSA) is 76.5 Å². The van der Waals surface area contributed by atoms with E-state index >= 15 is 0 Å². The second-order valence-electron chi connectivity index (χ2n) is 6.89. The molecule has 1 aliphatic heterocycles. The Kier molecular flexibility index (Phi) is 5.08. The zero-order chi connectivity index (χ0) is 19.5. The van der Waals surface area contributed by atoms with Crippen molar-refractivity contribution in [1.29, 1.82) is 0 Å². The van der Waals surface area contributed by atoms with Crippen LogP contribution in [0.1, 0.15) is 16.1 Å². The Hall–Kier alpha value is -3.19. The number of hydrogen-bond acceptors (Lipinski definition) is 4. The van der Waals surface area contributed by atoms with Crippen LogP contribution in [0.3, 0.4) is 0 Å². The van der Waals surface area contributed by atoms with Crippen molar-refractivity contribution in [1.82, 2.24) is 20.0 Å². The number of carbonyl (C=O) groups is 2. The molecule has 28 heavy (non-hydrogen) atoms. The lowest BCUT2D eigenvalue weighted by Gasteiger charge is -2.32. The van der Waals surface area contributed by atoms with Crippen LogP contribution in [-0.2, 0) is 23.1 Å². The SMILES string of the molecule is Cn1nc(C(=O)NCC2CN(Cc3ccccc3)C(=O)CO2)c2ccccc21. The van der Waals surface area contributed by atoms with Gasteiger partial charge in [-0.2, -0.15) is 5.10 Å². The number of nitrogens with one attached hydrogen (secondary N) is 1. The first-order chi connectivity index (χ1) is 13.6. The minimum Gasteiger partial charge on any atom is -0.365 e. The maximum absolute atomic E-state index is 12.6. The maximum atomic E-state index is 12.6. The zero-order valence-electron chi connectivity index (χ0n) is 15.7. The van der Waals surface area contributed by atoms with Gasteiger partial charge in [0, 0.05) is 32.1 Å². The van der Waals surface area contributed by atoms with Gasteiger partial charge in [-0.05, 0) is 11.6 Å². The second kappa shape index (κ2) is 7.82. The lowest BCUT2D eigenvalue weighted by atomic mass is 10.1. The lowest BCUT2D eigenvalue weighted by Crippen LogP contribution is -2.50. The standard InChI is InChI=1S/C21H22N4O3/c1-24-18-10-6-5-9-17(18)20(23-24)21(27)22-11-16-13-25(19(26)14-28-16)12-15-7-3-2-4-8-15/h2-10,16H,11-14H2,1H3,(H,22,27). The molecule has 2 aromatic carbocycles. The number of aromatic nitrogens is 2. The molecule has 1 atom stereocenters. The number of morpholine rings is 1. The summed E-state index contributed by atoms with van der Waals surface area (Å²) in [4.78, 5) is 26.6. The molecule has 1 aromatic heterocycles. The molecule has 0 bridgehead atoms. The summed E-state index contributed by atoms with van der Waals surface area (Å²) in [5.41, 5.74) is 2.37. The molecular formula is C21H22N4O3. The normalized spacial score (nSPS) is 17.1. The first-order valence-electron chi connectivity index (χ1n) is 9.25. The average Bonchev–Trinajstić information content (AvgIpc) is 3.06. The molecule has 7 heteroatoms. The number of benzene rings is 2. The Morgan fingerprint density at radius 2 is 1.93 bits per heavy atom. The van der Waals surface area contributed by atoms with Gasteiger partial charge in [-0.3, -0.25) is 14.3 Å². The van der Waals surface area contributed by atoms with E-state index in [-0.39, 0.29) is 24.5 Å². The highest BCUT2D eigenvalue weighted by Crippen LogP contribution is 2.17. The van der Waals surface area contributed by atoms with Gasteiger partial charge in [-0.1, -0.05) is 48.5 Å². The van der Waals surface area contributed by atoms with E-state index in [2.05, 4.69) is 10.4 Å². The second-order valence-corrected chi connectivity index (χ2v) is 6.89. The first-order valence-corrected chi connectivity index (χ1v) is 9.25. The smallest absolute Gasteiger partial charge is 0.272 e. The van der Waals surface area contributed by atoms with Gasteiger partial charge in [0.05, 0.1) is 11.6 Å². The summed E-state index contributed by atoms with van der Waals surface area (Å²) in [7, 11) is 1.82. The van der Waals surface area contributed by atoms with Crippen molar-refractivity contribution < 1.29 is 14.3 Å². The Labute approximate surface area is 162 Å². The third-order valence-corrected chi connectivity index (χ3v) is 4.90. The molecule has 3 aromatic rings. The Bertz CT molecular complexity index is 999. The molecule has 0 saturated carbocycles. The van der Waals surface area contributed by atoms with E-state index in [1.54, 1.807) is 9.58 Å². The van der Waals surface area contributed by atoms with E-state index in [1.807, 2.05) is 61.6 Å². The van der Waals surface area contributed by atoms with Gasteiger partial charge >= 0.3 is 0 Å². The van der Waals surface area contributed by atoms with Crippen molar-refractivity contribution in [3.8, 4) is 0 Å². The van der Waals surface area contributed by atoms with E-state index in [1.165, 1.54) is 0 Å². The molecule has 2 heterocycles. The third kappa shape index (κ3) is 3.75. The zero-order valence-corrected chi connectivity index (χ0v) is 15.7. The van der Waals surface area contributed by atoms with Gasteiger partial charge in [-0.15, -0.1) is 0 Å². The molecule has 0 aliphatic carbocycles. The summed E-state index contributed by atoms with van der Waals surface area (Å²) in [6.07, 6.45) is -0.250. The monoisotopic (exact) mass is 378 g/mol. The van der Waals surface area contributed by atoms with Gasteiger partial charge in [0.2, 0.25) is 5.91 Å². The van der Waals surface area contributed by atoms with Gasteiger partial charge in [0.25, 0.3) is 5.91 Å². The highest BCUT2D eigenvalue weighted by Gasteiger charge is 2.27. The maximum Gasteiger partial charge on any atom is 0.272 e. The van der Waals surface area contributed by atoms with Crippen LogP contribution in [0.4, 0.5) is 0 Å². The van der Waals surface area contributed by atoms with Gasteiger partial charge in [0.15, 0.2) is 5.69 Å². The van der Waals surface area contributed by atoms with Crippen LogP contribution in [0.2, 0.25) is 0 Å². The van der Waals surface area contributed by atoms with Crippen LogP contribution in [0.5, 0.6) is 0 Å². The molecule has 7 nitrogen and oxygen atoms in total. The molecule has 2 amide bonds. The van der Waals surface area contributed by atoms with Crippen LogP contribution in [0, 0.1) is 0 Å². The quantitative estimate of drug-likeness (QED) is 0.734. The van der Waals surface area contributed by atoms with E-state index in [0.717, 1.165) is 16.5 Å². The van der Waals surface area contributed by atoms with Crippen LogP contribution in [-0.4, -0.2) is 52.3 Å². The molecule has 0 radical (unpaired) electrons. The number of nitrogens with zero attached hydrogens (tertiary/aromatic N) is 3. The molecule has 1 aliphatic rings. The van der Waals surface area contributed by atoms with E-state index in [9.17, 15) is 9.59 Å². The summed E-state index contributed by atoms with van der Waals surface area (Å²) < 4.78 is 7.30. The van der Waals surface area contributed by atoms with E-state index < -0.39 is 0 Å². The fourth-order valence-corrected chi connectivity index (χ4v) is 3.43. The predicted molar refractivity (Wildman–Crippen MR) is 105 cm³/mol. The van der Waals surface area contributed by atoms with E-state index in [4.69, 9.17) is 4.74 Å². The highest BCUT2D eigenvalue weighted by molar-refractivity contribution is 6.04. The summed E-state index contributed by atoms with van der Waals surface area (Å²) in [6, 6.07) is 17.5. The van der Waals surface area contributed by atoms with Crippen LogP contribution in [0.25, 0.3) is 10.9 Å². The Balaban J connectivity index is 1.39. The Morgan fingerprint density at radius 1 is 1.18 bits per heavy atom. The fourth-order valence-electron chi connectivity index (χ4n) is 3.43. The van der Waals surface area contributed by atoms with Crippen molar-refractivity contribution in [3.63, 3.8) is 0 Å². The summed E-state index contributed by atoms with van der Waals surface area (Å²) >= 11 is 0. The van der Waals surface area contributed by atoms with Crippen LogP contribution in [0.15, 0.2) is 54.6 Å². The lowest BCUT2D eigenvalue weighted by molar-refractivity contribution is -0.149. The number of aryl methyl sites for hydroxylation is 1. The van der Waals surface area contributed by atoms with Crippen LogP contribution < -0.4 is 5.32 Å². The van der Waals surface area contributed by atoms with Crippen LogP contribution >= 0.6 is 0 Å². The number of ether oxygens (including phenoxy) is 1. The predicted octanol–water partition coefficient (Wildman–Crippen LogP) is 1.73. The minimum absolute atomic E-state index is 0.0277. The molecule has 0 spiro atoms. The van der Waals surface area contributed by atoms with Crippen molar-refractivity contribution in [2.24, 2.45) is 7.05 Å². The summed E-state index contributed by atoms with van der Waals surface area (Å²) in [5, 5.41) is 8.04. The Morgan fingerprint density at radius 3 is 2.75 bits per heavy atom. The van der Waals surface area contributed by atoms with Gasteiger partial charge in [-0.25, -0.2) is 0 Å². The number of fused-ring (bicyclic) bond motifs is 1. The first kappa shape index (κ1) is 18.2. The minimum atomic E-state index is -0.250. The van der Waals surface area contributed by atoms with Crippen molar-refractivity contribution in [2.45, 2.75) is 12.6 Å². The number of amides is 2. The van der Waals surface area contributed by atoms with Gasteiger partial charge in [0.1, 0.15) is 6.61 Å². The molecular weight excluding hydrogens is 356 g/mol. The van der Waals surface area contributed by atoms with Crippen molar-refractivity contribution >= 4 is 22.7 Å². The third-order valence-electron chi connectivity index (χ3n) is 4.90. The molecule has 1 N–H and O–H groups in total. The molecule has 4 rings (SSSR count). The molecule has 144 valence electrons. The number of hydrogen-bond donors (Lipinski definition) is 1. The van der Waals surface area contributed by atoms with Crippen molar-refractivity contribution in [2.75, 3.05) is 19.7 Å². The number of para-hydroxylation sites is 1. The van der Waals surface area contributed by atoms with Gasteiger partial charge < -0.3 is 15.0 Å². The van der Waals surface area contributed by atoms with E-state index in [0.29, 0.717) is 25.3 Å². The fraction of sp³-hybridized carbons (Fsp3) is 0.286. The number of rotatable bonds is 5. The largest absolute Gasteiger partial charge is 0.365 e. The van der Waals surface area contributed by atoms with Crippen molar-refractivity contribution in [3.05, 3.63) is 65.9 Å². The molecule has 1 unspecified atom stereocenters.